The Morgan fingerprint density at radius 3 is 2.29 bits per heavy atom. The summed E-state index contributed by atoms with van der Waals surface area (Å²) in [6.45, 7) is 1.54. The zero-order chi connectivity index (χ0) is 19.9. The van der Waals surface area contributed by atoms with Crippen LogP contribution in [-0.2, 0) is 20.7 Å². The van der Waals surface area contributed by atoms with E-state index in [2.05, 4.69) is 0 Å². The Balaban J connectivity index is 1.40. The van der Waals surface area contributed by atoms with Gasteiger partial charge in [-0.2, -0.15) is 0 Å². The van der Waals surface area contributed by atoms with E-state index in [1.165, 1.54) is 11.3 Å². The predicted molar refractivity (Wildman–Crippen MR) is 104 cm³/mol. The second-order valence-electron chi connectivity index (χ2n) is 6.34. The van der Waals surface area contributed by atoms with Gasteiger partial charge in [-0.3, -0.25) is 14.4 Å². The molecule has 0 saturated carbocycles. The second-order valence-corrected chi connectivity index (χ2v) is 7.28. The molecule has 148 valence electrons. The Hall–Kier alpha value is -2.87. The van der Waals surface area contributed by atoms with Crippen molar-refractivity contribution in [2.75, 3.05) is 39.9 Å². The maximum atomic E-state index is 12.3. The molecule has 7 nitrogen and oxygen atoms in total. The van der Waals surface area contributed by atoms with Gasteiger partial charge in [-0.25, -0.2) is 0 Å². The number of thiophene rings is 1. The fraction of sp³-hybridized carbons (Fsp3) is 0.350. The highest BCUT2D eigenvalue weighted by Gasteiger charge is 2.25. The molecule has 1 aliphatic rings. The van der Waals surface area contributed by atoms with Gasteiger partial charge in [-0.05, 0) is 29.1 Å². The Labute approximate surface area is 167 Å². The molecule has 2 heterocycles. The highest BCUT2D eigenvalue weighted by Crippen LogP contribution is 2.14. The highest BCUT2D eigenvalue weighted by atomic mass is 32.1. The third kappa shape index (κ3) is 5.10. The molecule has 1 saturated heterocycles. The molecule has 0 bridgehead atoms. The lowest BCUT2D eigenvalue weighted by atomic mass is 10.1. The quantitative estimate of drug-likeness (QED) is 0.689. The zero-order valence-corrected chi connectivity index (χ0v) is 16.4. The van der Waals surface area contributed by atoms with Crippen molar-refractivity contribution >= 4 is 29.1 Å². The maximum Gasteiger partial charge on any atom is 0.310 e. The molecule has 0 atom stereocenters. The van der Waals surface area contributed by atoms with Crippen molar-refractivity contribution in [2.24, 2.45) is 0 Å². The summed E-state index contributed by atoms with van der Waals surface area (Å²) < 4.78 is 10.2. The van der Waals surface area contributed by atoms with E-state index >= 15 is 0 Å². The minimum atomic E-state index is -0.454. The Morgan fingerprint density at radius 1 is 1.00 bits per heavy atom. The van der Waals surface area contributed by atoms with Gasteiger partial charge in [-0.15, -0.1) is 11.3 Å². The molecule has 2 amide bonds. The Morgan fingerprint density at radius 2 is 1.68 bits per heavy atom. The monoisotopic (exact) mass is 402 g/mol. The van der Waals surface area contributed by atoms with E-state index in [9.17, 15) is 14.4 Å². The van der Waals surface area contributed by atoms with Gasteiger partial charge in [0.2, 0.25) is 0 Å². The topological polar surface area (TPSA) is 76.2 Å². The molecule has 1 fully saturated rings. The molecule has 0 radical (unpaired) electrons. The summed E-state index contributed by atoms with van der Waals surface area (Å²) in [5.74, 6) is 0.00773. The minimum Gasteiger partial charge on any atom is -0.497 e. The average molecular weight is 402 g/mol. The number of nitrogens with zero attached hydrogens (tertiary/aromatic N) is 2. The van der Waals surface area contributed by atoms with Crippen molar-refractivity contribution in [3.8, 4) is 5.75 Å². The van der Waals surface area contributed by atoms with Crippen LogP contribution >= 0.6 is 11.3 Å². The number of hydrogen-bond acceptors (Lipinski definition) is 6. The molecular weight excluding hydrogens is 380 g/mol. The Kier molecular flexibility index (Phi) is 6.65. The van der Waals surface area contributed by atoms with E-state index in [1.807, 2.05) is 11.4 Å². The van der Waals surface area contributed by atoms with Gasteiger partial charge in [0.15, 0.2) is 6.61 Å². The largest absolute Gasteiger partial charge is 0.497 e. The number of rotatable bonds is 6. The van der Waals surface area contributed by atoms with Gasteiger partial charge < -0.3 is 19.3 Å². The van der Waals surface area contributed by atoms with Crippen LogP contribution in [-0.4, -0.2) is 67.5 Å². The van der Waals surface area contributed by atoms with Gasteiger partial charge in [0, 0.05) is 26.2 Å². The van der Waals surface area contributed by atoms with Crippen molar-refractivity contribution in [3.05, 3.63) is 52.2 Å². The van der Waals surface area contributed by atoms with Crippen LogP contribution in [0.3, 0.4) is 0 Å². The summed E-state index contributed by atoms with van der Waals surface area (Å²) in [7, 11) is 1.58. The predicted octanol–water partition coefficient (Wildman–Crippen LogP) is 1.83. The van der Waals surface area contributed by atoms with Gasteiger partial charge in [0.05, 0.1) is 18.4 Å². The molecule has 0 spiro atoms. The van der Waals surface area contributed by atoms with Crippen LogP contribution in [0.15, 0.2) is 41.8 Å². The van der Waals surface area contributed by atoms with Crippen LogP contribution in [0.25, 0.3) is 0 Å². The number of ether oxygens (including phenoxy) is 2. The van der Waals surface area contributed by atoms with Crippen molar-refractivity contribution < 1.29 is 23.9 Å². The maximum absolute atomic E-state index is 12.3. The molecule has 1 aromatic carbocycles. The van der Waals surface area contributed by atoms with E-state index in [1.54, 1.807) is 47.2 Å². The molecule has 1 aromatic heterocycles. The number of hydrogen-bond donors (Lipinski definition) is 0. The summed E-state index contributed by atoms with van der Waals surface area (Å²) in [5.41, 5.74) is 0.791. The van der Waals surface area contributed by atoms with E-state index in [-0.39, 0.29) is 24.8 Å². The molecule has 3 rings (SSSR count). The van der Waals surface area contributed by atoms with E-state index in [4.69, 9.17) is 9.47 Å². The van der Waals surface area contributed by atoms with Crippen LogP contribution in [0.1, 0.15) is 15.2 Å². The molecule has 8 heteroatoms. The summed E-state index contributed by atoms with van der Waals surface area (Å²) in [4.78, 5) is 40.6. The van der Waals surface area contributed by atoms with Gasteiger partial charge >= 0.3 is 5.97 Å². The van der Waals surface area contributed by atoms with Crippen molar-refractivity contribution in [1.82, 2.24) is 9.80 Å². The van der Waals surface area contributed by atoms with Crippen LogP contribution < -0.4 is 4.74 Å². The van der Waals surface area contributed by atoms with Crippen LogP contribution in [0, 0.1) is 0 Å². The third-order valence-electron chi connectivity index (χ3n) is 4.52. The molecule has 0 unspecified atom stereocenters. The minimum absolute atomic E-state index is 0.00646. The SMILES string of the molecule is COc1ccc(CC(=O)OCC(=O)N2CCN(C(=O)c3cccs3)CC2)cc1. The summed E-state index contributed by atoms with van der Waals surface area (Å²) in [5, 5.41) is 1.87. The summed E-state index contributed by atoms with van der Waals surface area (Å²) in [6, 6.07) is 10.7. The average Bonchev–Trinajstić information content (AvgIpc) is 3.27. The smallest absolute Gasteiger partial charge is 0.310 e. The lowest BCUT2D eigenvalue weighted by Crippen LogP contribution is -2.51. The molecule has 2 aromatic rings. The first kappa shape index (κ1) is 19.9. The molecule has 1 aliphatic heterocycles. The fourth-order valence-corrected chi connectivity index (χ4v) is 3.60. The Bertz CT molecular complexity index is 812. The number of benzene rings is 1. The highest BCUT2D eigenvalue weighted by molar-refractivity contribution is 7.12. The molecule has 0 N–H and O–H groups in total. The number of amides is 2. The number of carbonyl (C=O) groups is 3. The second kappa shape index (κ2) is 9.36. The fourth-order valence-electron chi connectivity index (χ4n) is 2.91. The summed E-state index contributed by atoms with van der Waals surface area (Å²) in [6.07, 6.45) is 0.0976. The van der Waals surface area contributed by atoms with Crippen LogP contribution in [0.4, 0.5) is 0 Å². The number of carbonyl (C=O) groups excluding carboxylic acids is 3. The molecular formula is C20H22N2O5S. The first-order valence-corrected chi connectivity index (χ1v) is 9.84. The van der Waals surface area contributed by atoms with Crippen LogP contribution in [0.5, 0.6) is 5.75 Å². The molecule has 28 heavy (non-hydrogen) atoms. The van der Waals surface area contributed by atoms with Gasteiger partial charge in [0.25, 0.3) is 11.8 Å². The van der Waals surface area contributed by atoms with Crippen molar-refractivity contribution in [3.63, 3.8) is 0 Å². The van der Waals surface area contributed by atoms with Crippen molar-refractivity contribution in [2.45, 2.75) is 6.42 Å². The lowest BCUT2D eigenvalue weighted by Gasteiger charge is -2.34. The van der Waals surface area contributed by atoms with Gasteiger partial charge in [-0.1, -0.05) is 18.2 Å². The number of methoxy groups -OCH3 is 1. The van der Waals surface area contributed by atoms with E-state index in [0.29, 0.717) is 36.8 Å². The first-order valence-electron chi connectivity index (χ1n) is 8.96. The van der Waals surface area contributed by atoms with Crippen LogP contribution in [0.2, 0.25) is 0 Å². The number of piperazine rings is 1. The number of esters is 1. The van der Waals surface area contributed by atoms with E-state index < -0.39 is 5.97 Å². The lowest BCUT2D eigenvalue weighted by molar-refractivity contribution is -0.152. The molecule has 0 aliphatic carbocycles. The zero-order valence-electron chi connectivity index (χ0n) is 15.6. The summed E-state index contributed by atoms with van der Waals surface area (Å²) >= 11 is 1.41. The normalized spacial score (nSPS) is 13.9. The first-order chi connectivity index (χ1) is 13.6. The van der Waals surface area contributed by atoms with E-state index in [0.717, 1.165) is 5.56 Å². The van der Waals surface area contributed by atoms with Crippen molar-refractivity contribution in [1.29, 1.82) is 0 Å². The third-order valence-corrected chi connectivity index (χ3v) is 5.37. The van der Waals surface area contributed by atoms with Gasteiger partial charge in [0.1, 0.15) is 5.75 Å². The standard InChI is InChI=1S/C20H22N2O5S/c1-26-16-6-4-15(5-7-16)13-19(24)27-14-18(23)21-8-10-22(11-9-21)20(25)17-3-2-12-28-17/h2-7,12H,8-11,13-14H2,1H3.